The van der Waals surface area contributed by atoms with E-state index in [1.807, 2.05) is 43.3 Å². The SMILES string of the molecule is CCOP(c1ccccc1)c1ccccc1[C@@H](C)O. The van der Waals surface area contributed by atoms with Gasteiger partial charge in [-0.2, -0.15) is 0 Å². The molecule has 1 unspecified atom stereocenters. The molecule has 2 aromatic rings. The molecule has 0 saturated carbocycles. The van der Waals surface area contributed by atoms with Crippen LogP contribution in [0, 0.1) is 0 Å². The predicted molar refractivity (Wildman–Crippen MR) is 81.3 cm³/mol. The summed E-state index contributed by atoms with van der Waals surface area (Å²) in [5, 5.41) is 12.2. The van der Waals surface area contributed by atoms with Gasteiger partial charge >= 0.3 is 0 Å². The van der Waals surface area contributed by atoms with E-state index in [-0.39, 0.29) is 0 Å². The molecular formula is C16H19O2P. The average molecular weight is 274 g/mol. The third-order valence-corrected chi connectivity index (χ3v) is 4.98. The highest BCUT2D eigenvalue weighted by Gasteiger charge is 2.19. The van der Waals surface area contributed by atoms with Crippen LogP contribution in [0.4, 0.5) is 0 Å². The van der Waals surface area contributed by atoms with E-state index >= 15 is 0 Å². The number of rotatable bonds is 5. The molecule has 0 amide bonds. The first-order chi connectivity index (χ1) is 9.24. The van der Waals surface area contributed by atoms with E-state index in [2.05, 4.69) is 18.2 Å². The molecule has 0 saturated heterocycles. The summed E-state index contributed by atoms with van der Waals surface area (Å²) < 4.78 is 5.96. The highest BCUT2D eigenvalue weighted by atomic mass is 31.1. The Labute approximate surface area is 115 Å². The summed E-state index contributed by atoms with van der Waals surface area (Å²) in [7, 11) is -0.864. The molecule has 2 nitrogen and oxygen atoms in total. The fourth-order valence-corrected chi connectivity index (χ4v) is 3.99. The summed E-state index contributed by atoms with van der Waals surface area (Å²) in [6.07, 6.45) is -0.481. The highest BCUT2D eigenvalue weighted by molar-refractivity contribution is 7.68. The van der Waals surface area contributed by atoms with Crippen molar-refractivity contribution in [2.24, 2.45) is 0 Å². The zero-order valence-electron chi connectivity index (χ0n) is 11.3. The van der Waals surface area contributed by atoms with Crippen LogP contribution in [0.5, 0.6) is 0 Å². The van der Waals surface area contributed by atoms with Crippen LogP contribution in [-0.4, -0.2) is 11.7 Å². The van der Waals surface area contributed by atoms with Crippen molar-refractivity contribution in [3.05, 3.63) is 60.2 Å². The predicted octanol–water partition coefficient (Wildman–Crippen LogP) is 3.12. The van der Waals surface area contributed by atoms with Crippen molar-refractivity contribution >= 4 is 18.8 Å². The van der Waals surface area contributed by atoms with Crippen LogP contribution >= 0.6 is 8.15 Å². The third kappa shape index (κ3) is 3.42. The van der Waals surface area contributed by atoms with Gasteiger partial charge in [0.25, 0.3) is 0 Å². The largest absolute Gasteiger partial charge is 0.389 e. The summed E-state index contributed by atoms with van der Waals surface area (Å²) in [4.78, 5) is 0. The van der Waals surface area contributed by atoms with Crippen LogP contribution in [0.3, 0.4) is 0 Å². The molecule has 1 N–H and O–H groups in total. The monoisotopic (exact) mass is 274 g/mol. The molecule has 0 aliphatic heterocycles. The Hall–Kier alpha value is -1.21. The molecule has 0 heterocycles. The zero-order valence-corrected chi connectivity index (χ0v) is 12.2. The molecule has 2 atom stereocenters. The molecule has 0 radical (unpaired) electrons. The van der Waals surface area contributed by atoms with Crippen LogP contribution in [0.1, 0.15) is 25.5 Å². The summed E-state index contributed by atoms with van der Waals surface area (Å²) in [6, 6.07) is 18.2. The van der Waals surface area contributed by atoms with Crippen molar-refractivity contribution in [2.75, 3.05) is 6.61 Å². The topological polar surface area (TPSA) is 29.5 Å². The van der Waals surface area contributed by atoms with Crippen LogP contribution in [-0.2, 0) is 4.52 Å². The quantitative estimate of drug-likeness (QED) is 0.849. The first-order valence-corrected chi connectivity index (χ1v) is 7.75. The van der Waals surface area contributed by atoms with Crippen molar-refractivity contribution in [3.8, 4) is 0 Å². The minimum atomic E-state index is -0.864. The molecular weight excluding hydrogens is 255 g/mol. The molecule has 0 aromatic heterocycles. The van der Waals surface area contributed by atoms with Crippen LogP contribution in [0.15, 0.2) is 54.6 Å². The van der Waals surface area contributed by atoms with Gasteiger partial charge in [0.2, 0.25) is 0 Å². The Morgan fingerprint density at radius 1 is 1.05 bits per heavy atom. The van der Waals surface area contributed by atoms with Crippen LogP contribution in [0.25, 0.3) is 0 Å². The molecule has 2 rings (SSSR count). The van der Waals surface area contributed by atoms with Crippen molar-refractivity contribution in [1.82, 2.24) is 0 Å². The van der Waals surface area contributed by atoms with Gasteiger partial charge in [-0.05, 0) is 19.4 Å². The van der Waals surface area contributed by atoms with E-state index in [4.69, 9.17) is 4.52 Å². The Morgan fingerprint density at radius 3 is 2.32 bits per heavy atom. The van der Waals surface area contributed by atoms with E-state index in [0.717, 1.165) is 10.9 Å². The van der Waals surface area contributed by atoms with Crippen molar-refractivity contribution in [2.45, 2.75) is 20.0 Å². The van der Waals surface area contributed by atoms with Gasteiger partial charge in [-0.1, -0.05) is 54.6 Å². The minimum Gasteiger partial charge on any atom is -0.389 e. The Bertz CT molecular complexity index is 511. The second-order valence-electron chi connectivity index (χ2n) is 4.28. The van der Waals surface area contributed by atoms with Gasteiger partial charge < -0.3 is 9.63 Å². The first-order valence-electron chi connectivity index (χ1n) is 6.49. The van der Waals surface area contributed by atoms with E-state index in [0.29, 0.717) is 6.61 Å². The molecule has 0 spiro atoms. The number of aliphatic hydroxyl groups excluding tert-OH is 1. The number of aliphatic hydroxyl groups is 1. The fourth-order valence-electron chi connectivity index (χ4n) is 2.00. The van der Waals surface area contributed by atoms with E-state index < -0.39 is 14.3 Å². The Balaban J connectivity index is 2.45. The lowest BCUT2D eigenvalue weighted by Crippen LogP contribution is -2.18. The summed E-state index contributed by atoms with van der Waals surface area (Å²) in [5.74, 6) is 0. The standard InChI is InChI=1S/C16H19O2P/c1-3-18-19(14-9-5-4-6-10-14)16-12-8-7-11-15(16)13(2)17/h4-13,17H,3H2,1-2H3/t13-,19?/m1/s1. The first kappa shape index (κ1) is 14.2. The maximum Gasteiger partial charge on any atom is 0.0921 e. The van der Waals surface area contributed by atoms with Crippen LogP contribution < -0.4 is 10.6 Å². The minimum absolute atomic E-state index is 0.481. The normalized spacial score (nSPS) is 14.1. The van der Waals surface area contributed by atoms with Gasteiger partial charge in [-0.25, -0.2) is 0 Å². The third-order valence-electron chi connectivity index (χ3n) is 2.85. The van der Waals surface area contributed by atoms with Gasteiger partial charge in [0.05, 0.1) is 14.3 Å². The van der Waals surface area contributed by atoms with Gasteiger partial charge in [-0.3, -0.25) is 0 Å². The molecule has 0 fully saturated rings. The maximum absolute atomic E-state index is 9.92. The van der Waals surface area contributed by atoms with Crippen molar-refractivity contribution < 1.29 is 9.63 Å². The second-order valence-corrected chi connectivity index (χ2v) is 6.13. The van der Waals surface area contributed by atoms with Gasteiger partial charge in [0.1, 0.15) is 0 Å². The van der Waals surface area contributed by atoms with E-state index in [1.165, 1.54) is 5.30 Å². The highest BCUT2D eigenvalue weighted by Crippen LogP contribution is 2.37. The lowest BCUT2D eigenvalue weighted by atomic mass is 10.1. The lowest BCUT2D eigenvalue weighted by molar-refractivity contribution is 0.200. The van der Waals surface area contributed by atoms with Crippen LogP contribution in [0.2, 0.25) is 0 Å². The summed E-state index contributed by atoms with van der Waals surface area (Å²) >= 11 is 0. The molecule has 0 aliphatic rings. The molecule has 0 aliphatic carbocycles. The summed E-state index contributed by atoms with van der Waals surface area (Å²) in [5.41, 5.74) is 0.950. The van der Waals surface area contributed by atoms with Gasteiger partial charge in [0.15, 0.2) is 0 Å². The second kappa shape index (κ2) is 6.81. The lowest BCUT2D eigenvalue weighted by Gasteiger charge is -2.21. The summed E-state index contributed by atoms with van der Waals surface area (Å²) in [6.45, 7) is 4.46. The Kier molecular flexibility index (Phi) is 5.09. The maximum atomic E-state index is 9.92. The Morgan fingerprint density at radius 2 is 1.68 bits per heavy atom. The average Bonchev–Trinajstić information content (AvgIpc) is 2.45. The smallest absolute Gasteiger partial charge is 0.0921 e. The van der Waals surface area contributed by atoms with Crippen molar-refractivity contribution in [3.63, 3.8) is 0 Å². The number of hydrogen-bond donors (Lipinski definition) is 1. The van der Waals surface area contributed by atoms with Gasteiger partial charge in [-0.15, -0.1) is 0 Å². The van der Waals surface area contributed by atoms with Crippen molar-refractivity contribution in [1.29, 1.82) is 0 Å². The fraction of sp³-hybridized carbons (Fsp3) is 0.250. The number of hydrogen-bond acceptors (Lipinski definition) is 2. The zero-order chi connectivity index (χ0) is 13.7. The molecule has 100 valence electrons. The van der Waals surface area contributed by atoms with E-state index in [1.54, 1.807) is 6.92 Å². The molecule has 3 heteroatoms. The molecule has 2 aromatic carbocycles. The number of benzene rings is 2. The van der Waals surface area contributed by atoms with E-state index in [9.17, 15) is 5.11 Å². The molecule has 19 heavy (non-hydrogen) atoms. The molecule has 0 bridgehead atoms. The van der Waals surface area contributed by atoms with Gasteiger partial charge in [0, 0.05) is 17.2 Å².